The van der Waals surface area contributed by atoms with Crippen molar-refractivity contribution in [2.24, 2.45) is 0 Å². The molecule has 0 aliphatic heterocycles. The highest BCUT2D eigenvalue weighted by atomic mass is 16.2. The zero-order chi connectivity index (χ0) is 12.7. The van der Waals surface area contributed by atoms with Crippen LogP contribution in [-0.2, 0) is 4.79 Å². The van der Waals surface area contributed by atoms with Crippen LogP contribution in [0.1, 0.15) is 13.8 Å². The van der Waals surface area contributed by atoms with E-state index in [9.17, 15) is 4.79 Å². The Hall–Kier alpha value is -1.78. The summed E-state index contributed by atoms with van der Waals surface area (Å²) in [6, 6.07) is 1.98. The first-order valence-electron chi connectivity index (χ1n) is 5.85. The maximum Gasteiger partial charge on any atom is 0.239 e. The third-order valence-corrected chi connectivity index (χ3v) is 2.47. The minimum Gasteiger partial charge on any atom is -0.387 e. The van der Waals surface area contributed by atoms with Crippen LogP contribution < -0.4 is 15.5 Å². The molecule has 1 aromatic heterocycles. The number of nitrogens with one attached hydrogen (secondary N) is 2. The Bertz CT molecular complexity index is 367. The number of hydrogen-bond donors (Lipinski definition) is 2. The van der Waals surface area contributed by atoms with Gasteiger partial charge in [-0.2, -0.15) is 0 Å². The molecule has 1 amide bonds. The molecule has 94 valence electrons. The molecule has 0 aliphatic carbocycles. The smallest absolute Gasteiger partial charge is 0.239 e. The second-order valence-electron chi connectivity index (χ2n) is 3.65. The Kier molecular flexibility index (Phi) is 5.26. The van der Waals surface area contributed by atoms with Gasteiger partial charge >= 0.3 is 0 Å². The van der Waals surface area contributed by atoms with E-state index in [2.05, 4.69) is 15.6 Å². The van der Waals surface area contributed by atoms with Gasteiger partial charge in [0.2, 0.25) is 5.91 Å². The number of pyridine rings is 1. The highest BCUT2D eigenvalue weighted by Gasteiger charge is 2.09. The third-order valence-electron chi connectivity index (χ3n) is 2.47. The lowest BCUT2D eigenvalue weighted by Gasteiger charge is -2.22. The van der Waals surface area contributed by atoms with E-state index in [-0.39, 0.29) is 5.91 Å². The average molecular weight is 236 g/mol. The molecule has 0 aliphatic rings. The van der Waals surface area contributed by atoms with Crippen LogP contribution in [0.3, 0.4) is 0 Å². The number of carbonyl (C=O) groups is 1. The number of amides is 1. The van der Waals surface area contributed by atoms with Crippen LogP contribution in [-0.4, -0.2) is 37.6 Å². The fourth-order valence-corrected chi connectivity index (χ4v) is 1.55. The number of carbonyl (C=O) groups excluding carboxylic acids is 1. The predicted molar refractivity (Wildman–Crippen MR) is 70.4 cm³/mol. The summed E-state index contributed by atoms with van der Waals surface area (Å²) < 4.78 is 0. The van der Waals surface area contributed by atoms with Gasteiger partial charge in [0.05, 0.1) is 30.3 Å². The number of hydrogen-bond acceptors (Lipinski definition) is 4. The lowest BCUT2D eigenvalue weighted by Crippen LogP contribution is -2.37. The van der Waals surface area contributed by atoms with Gasteiger partial charge < -0.3 is 15.5 Å². The van der Waals surface area contributed by atoms with Crippen LogP contribution in [0, 0.1) is 0 Å². The molecule has 1 aromatic rings. The number of likely N-dealkylation sites (N-methyl/N-ethyl adjacent to an activating group) is 2. The standard InChI is InChI=1S/C12H20N4O/c1-4-15-12(17)9-16(5-2)11-6-10(13-3)7-14-8-11/h6-8,13H,4-5,9H2,1-3H3,(H,15,17). The second-order valence-corrected chi connectivity index (χ2v) is 3.65. The number of anilines is 2. The van der Waals surface area contributed by atoms with E-state index < -0.39 is 0 Å². The SMILES string of the molecule is CCNC(=O)CN(CC)c1cncc(NC)c1. The predicted octanol–water partition coefficient (Wildman–Crippen LogP) is 1.09. The molecule has 1 heterocycles. The Labute approximate surface area is 102 Å². The molecule has 0 spiro atoms. The van der Waals surface area contributed by atoms with Crippen LogP contribution in [0.5, 0.6) is 0 Å². The molecule has 0 unspecified atom stereocenters. The Morgan fingerprint density at radius 3 is 2.76 bits per heavy atom. The summed E-state index contributed by atoms with van der Waals surface area (Å²) >= 11 is 0. The molecular weight excluding hydrogens is 216 g/mol. The van der Waals surface area contributed by atoms with Crippen LogP contribution in [0.15, 0.2) is 18.5 Å². The van der Waals surface area contributed by atoms with Crippen molar-refractivity contribution in [3.63, 3.8) is 0 Å². The molecule has 0 aromatic carbocycles. The molecule has 17 heavy (non-hydrogen) atoms. The maximum absolute atomic E-state index is 11.6. The first-order valence-corrected chi connectivity index (χ1v) is 5.85. The van der Waals surface area contributed by atoms with Crippen molar-refractivity contribution >= 4 is 17.3 Å². The van der Waals surface area contributed by atoms with Gasteiger partial charge in [0.25, 0.3) is 0 Å². The molecule has 5 heteroatoms. The van der Waals surface area contributed by atoms with Crippen molar-refractivity contribution in [2.45, 2.75) is 13.8 Å². The van der Waals surface area contributed by atoms with E-state index in [4.69, 9.17) is 0 Å². The first kappa shape index (κ1) is 13.3. The number of nitrogens with zero attached hydrogens (tertiary/aromatic N) is 2. The molecule has 0 bridgehead atoms. The summed E-state index contributed by atoms with van der Waals surface area (Å²) in [5.74, 6) is 0.0317. The Morgan fingerprint density at radius 2 is 2.18 bits per heavy atom. The molecule has 0 atom stereocenters. The highest BCUT2D eigenvalue weighted by molar-refractivity contribution is 5.81. The monoisotopic (exact) mass is 236 g/mol. The van der Waals surface area contributed by atoms with E-state index in [0.717, 1.165) is 17.9 Å². The van der Waals surface area contributed by atoms with Crippen molar-refractivity contribution in [2.75, 3.05) is 36.9 Å². The van der Waals surface area contributed by atoms with E-state index >= 15 is 0 Å². The van der Waals surface area contributed by atoms with Gasteiger partial charge in [-0.05, 0) is 19.9 Å². The van der Waals surface area contributed by atoms with Crippen molar-refractivity contribution < 1.29 is 4.79 Å². The van der Waals surface area contributed by atoms with Crippen molar-refractivity contribution in [3.05, 3.63) is 18.5 Å². The van der Waals surface area contributed by atoms with Gasteiger partial charge in [-0.25, -0.2) is 0 Å². The molecular formula is C12H20N4O. The van der Waals surface area contributed by atoms with Gasteiger partial charge in [0.1, 0.15) is 0 Å². The van der Waals surface area contributed by atoms with Gasteiger partial charge in [-0.1, -0.05) is 0 Å². The normalized spacial score (nSPS) is 9.82. The molecule has 1 rings (SSSR count). The van der Waals surface area contributed by atoms with E-state index in [1.54, 1.807) is 12.4 Å². The lowest BCUT2D eigenvalue weighted by atomic mass is 10.3. The third kappa shape index (κ3) is 3.94. The topological polar surface area (TPSA) is 57.3 Å². The quantitative estimate of drug-likeness (QED) is 0.776. The Balaban J connectivity index is 2.74. The molecule has 0 fully saturated rings. The van der Waals surface area contributed by atoms with E-state index in [1.807, 2.05) is 31.9 Å². The van der Waals surface area contributed by atoms with Crippen LogP contribution >= 0.6 is 0 Å². The van der Waals surface area contributed by atoms with Crippen molar-refractivity contribution in [3.8, 4) is 0 Å². The summed E-state index contributed by atoms with van der Waals surface area (Å²) in [7, 11) is 1.85. The summed E-state index contributed by atoms with van der Waals surface area (Å²) in [4.78, 5) is 17.7. The maximum atomic E-state index is 11.6. The molecule has 0 saturated heterocycles. The van der Waals surface area contributed by atoms with E-state index in [0.29, 0.717) is 13.1 Å². The fourth-order valence-electron chi connectivity index (χ4n) is 1.55. The van der Waals surface area contributed by atoms with Crippen LogP contribution in [0.4, 0.5) is 11.4 Å². The summed E-state index contributed by atoms with van der Waals surface area (Å²) in [6.45, 7) is 5.72. The summed E-state index contributed by atoms with van der Waals surface area (Å²) in [5, 5.41) is 5.83. The zero-order valence-corrected chi connectivity index (χ0v) is 10.7. The fraction of sp³-hybridized carbons (Fsp3) is 0.500. The van der Waals surface area contributed by atoms with E-state index in [1.165, 1.54) is 0 Å². The Morgan fingerprint density at radius 1 is 1.41 bits per heavy atom. The molecule has 5 nitrogen and oxygen atoms in total. The number of rotatable bonds is 6. The van der Waals surface area contributed by atoms with Gasteiger partial charge in [0, 0.05) is 20.1 Å². The largest absolute Gasteiger partial charge is 0.387 e. The minimum absolute atomic E-state index is 0.0317. The summed E-state index contributed by atoms with van der Waals surface area (Å²) in [5.41, 5.74) is 1.89. The first-order chi connectivity index (χ1) is 8.21. The minimum atomic E-state index is 0.0317. The average Bonchev–Trinajstić information content (AvgIpc) is 2.36. The molecule has 0 radical (unpaired) electrons. The van der Waals surface area contributed by atoms with Crippen LogP contribution in [0.2, 0.25) is 0 Å². The van der Waals surface area contributed by atoms with Crippen molar-refractivity contribution in [1.29, 1.82) is 0 Å². The summed E-state index contributed by atoms with van der Waals surface area (Å²) in [6.07, 6.45) is 3.52. The highest BCUT2D eigenvalue weighted by Crippen LogP contribution is 2.16. The molecule has 2 N–H and O–H groups in total. The number of aromatic nitrogens is 1. The van der Waals surface area contributed by atoms with Gasteiger partial charge in [0.15, 0.2) is 0 Å². The van der Waals surface area contributed by atoms with Gasteiger partial charge in [-0.15, -0.1) is 0 Å². The lowest BCUT2D eigenvalue weighted by molar-refractivity contribution is -0.119. The molecule has 0 saturated carbocycles. The zero-order valence-electron chi connectivity index (χ0n) is 10.7. The van der Waals surface area contributed by atoms with Gasteiger partial charge in [-0.3, -0.25) is 9.78 Å². The van der Waals surface area contributed by atoms with Crippen LogP contribution in [0.25, 0.3) is 0 Å². The van der Waals surface area contributed by atoms with Crippen molar-refractivity contribution in [1.82, 2.24) is 10.3 Å². The second kappa shape index (κ2) is 6.73.